The zero-order valence-corrected chi connectivity index (χ0v) is 11.4. The molecule has 0 spiro atoms. The molecule has 0 aromatic heterocycles. The van der Waals surface area contributed by atoms with Crippen LogP contribution in [0.15, 0.2) is 30.3 Å². The van der Waals surface area contributed by atoms with Crippen LogP contribution in [-0.2, 0) is 4.79 Å². The van der Waals surface area contributed by atoms with Crippen LogP contribution in [0.4, 0.5) is 10.5 Å². The first kappa shape index (κ1) is 14.3. The molecule has 108 valence electrons. The van der Waals surface area contributed by atoms with Crippen LogP contribution in [0.1, 0.15) is 19.3 Å². The van der Waals surface area contributed by atoms with Crippen LogP contribution >= 0.6 is 0 Å². The summed E-state index contributed by atoms with van der Waals surface area (Å²) < 4.78 is 0. The van der Waals surface area contributed by atoms with Crippen LogP contribution in [0.25, 0.3) is 0 Å². The first-order valence-electron chi connectivity index (χ1n) is 6.87. The van der Waals surface area contributed by atoms with Crippen molar-refractivity contribution in [1.29, 1.82) is 0 Å². The number of urea groups is 1. The number of nitrogens with zero attached hydrogens (tertiary/aromatic N) is 1. The van der Waals surface area contributed by atoms with Crippen molar-refractivity contribution in [1.82, 2.24) is 15.8 Å². The van der Waals surface area contributed by atoms with Crippen LogP contribution in [0.5, 0.6) is 0 Å². The molecule has 1 fully saturated rings. The fourth-order valence-corrected chi connectivity index (χ4v) is 2.17. The Morgan fingerprint density at radius 2 is 1.70 bits per heavy atom. The van der Waals surface area contributed by atoms with E-state index in [-0.39, 0.29) is 5.91 Å². The van der Waals surface area contributed by atoms with Crippen LogP contribution in [0, 0.1) is 0 Å². The van der Waals surface area contributed by atoms with Crippen molar-refractivity contribution < 1.29 is 9.59 Å². The van der Waals surface area contributed by atoms with E-state index < -0.39 is 6.03 Å². The van der Waals surface area contributed by atoms with Crippen LogP contribution < -0.4 is 16.2 Å². The molecule has 6 heteroatoms. The van der Waals surface area contributed by atoms with E-state index in [4.69, 9.17) is 0 Å². The normalized spacial score (nSPS) is 15.4. The molecule has 1 heterocycles. The highest BCUT2D eigenvalue weighted by atomic mass is 16.2. The van der Waals surface area contributed by atoms with E-state index in [1.165, 1.54) is 6.42 Å². The molecule has 0 radical (unpaired) electrons. The second kappa shape index (κ2) is 7.49. The van der Waals surface area contributed by atoms with Crippen molar-refractivity contribution in [3.63, 3.8) is 0 Å². The number of nitrogens with one attached hydrogen (secondary N) is 3. The molecule has 0 saturated carbocycles. The number of likely N-dealkylation sites (tertiary alicyclic amines) is 1. The maximum Gasteiger partial charge on any atom is 0.337 e. The number of hydrogen-bond acceptors (Lipinski definition) is 3. The first-order valence-corrected chi connectivity index (χ1v) is 6.87. The molecule has 0 atom stereocenters. The lowest BCUT2D eigenvalue weighted by molar-refractivity contribution is -0.123. The van der Waals surface area contributed by atoms with Gasteiger partial charge in [-0.2, -0.15) is 0 Å². The highest BCUT2D eigenvalue weighted by Gasteiger charge is 2.13. The average molecular weight is 276 g/mol. The van der Waals surface area contributed by atoms with E-state index >= 15 is 0 Å². The molecule has 0 aliphatic carbocycles. The summed E-state index contributed by atoms with van der Waals surface area (Å²) >= 11 is 0. The van der Waals surface area contributed by atoms with Gasteiger partial charge in [0, 0.05) is 5.69 Å². The molecule has 1 aliphatic rings. The highest BCUT2D eigenvalue weighted by molar-refractivity contribution is 5.91. The summed E-state index contributed by atoms with van der Waals surface area (Å²) in [6, 6.07) is 8.60. The van der Waals surface area contributed by atoms with E-state index in [1.54, 1.807) is 12.1 Å². The topological polar surface area (TPSA) is 73.5 Å². The third-order valence-corrected chi connectivity index (χ3v) is 3.16. The molecule has 1 aliphatic heterocycles. The lowest BCUT2D eigenvalue weighted by Gasteiger charge is -2.25. The monoisotopic (exact) mass is 276 g/mol. The van der Waals surface area contributed by atoms with Gasteiger partial charge in [0.1, 0.15) is 0 Å². The lowest BCUT2D eigenvalue weighted by Crippen LogP contribution is -2.48. The zero-order chi connectivity index (χ0) is 14.2. The van der Waals surface area contributed by atoms with E-state index in [0.29, 0.717) is 12.2 Å². The van der Waals surface area contributed by atoms with Crippen LogP contribution in [0.2, 0.25) is 0 Å². The third kappa shape index (κ3) is 4.89. The van der Waals surface area contributed by atoms with Crippen molar-refractivity contribution in [3.8, 4) is 0 Å². The maximum absolute atomic E-state index is 11.7. The number of para-hydroxylation sites is 1. The van der Waals surface area contributed by atoms with Gasteiger partial charge < -0.3 is 5.32 Å². The number of carbonyl (C=O) groups excluding carboxylic acids is 2. The number of carbonyl (C=O) groups is 2. The number of rotatable bonds is 3. The zero-order valence-electron chi connectivity index (χ0n) is 11.4. The van der Waals surface area contributed by atoms with Gasteiger partial charge in [-0.05, 0) is 38.1 Å². The molecule has 3 amide bonds. The molecular weight excluding hydrogens is 256 g/mol. The summed E-state index contributed by atoms with van der Waals surface area (Å²) in [5.74, 6) is -0.199. The maximum atomic E-state index is 11.7. The molecular formula is C14H20N4O2. The molecule has 2 rings (SSSR count). The SMILES string of the molecule is O=C(CN1CCCCC1)NNC(=O)Nc1ccccc1. The minimum Gasteiger partial charge on any atom is -0.307 e. The summed E-state index contributed by atoms with van der Waals surface area (Å²) in [4.78, 5) is 25.3. The first-order chi connectivity index (χ1) is 9.74. The Morgan fingerprint density at radius 3 is 2.40 bits per heavy atom. The smallest absolute Gasteiger partial charge is 0.307 e. The van der Waals surface area contributed by atoms with Gasteiger partial charge in [0.25, 0.3) is 5.91 Å². The molecule has 1 saturated heterocycles. The Kier molecular flexibility index (Phi) is 5.37. The number of benzene rings is 1. The second-order valence-corrected chi connectivity index (χ2v) is 4.83. The van der Waals surface area contributed by atoms with E-state index in [2.05, 4.69) is 21.1 Å². The molecule has 0 bridgehead atoms. The average Bonchev–Trinajstić information content (AvgIpc) is 2.47. The minimum absolute atomic E-state index is 0.199. The van der Waals surface area contributed by atoms with Gasteiger partial charge in [0.2, 0.25) is 0 Å². The van der Waals surface area contributed by atoms with Crippen LogP contribution in [0.3, 0.4) is 0 Å². The van der Waals surface area contributed by atoms with Crippen molar-refractivity contribution in [2.75, 3.05) is 25.0 Å². The largest absolute Gasteiger partial charge is 0.337 e. The highest BCUT2D eigenvalue weighted by Crippen LogP contribution is 2.07. The predicted octanol–water partition coefficient (Wildman–Crippen LogP) is 1.33. The standard InChI is InChI=1S/C14H20N4O2/c19-13(11-18-9-5-2-6-10-18)16-17-14(20)15-12-7-3-1-4-8-12/h1,3-4,7-8H,2,5-6,9-11H2,(H,16,19)(H2,15,17,20). The van der Waals surface area contributed by atoms with Crippen molar-refractivity contribution in [2.45, 2.75) is 19.3 Å². The Balaban J connectivity index is 1.66. The Hall–Kier alpha value is -2.08. The number of piperidine rings is 1. The summed E-state index contributed by atoms with van der Waals surface area (Å²) in [5, 5.41) is 2.62. The molecule has 1 aromatic rings. The van der Waals surface area contributed by atoms with E-state index in [9.17, 15) is 9.59 Å². The second-order valence-electron chi connectivity index (χ2n) is 4.83. The quantitative estimate of drug-likeness (QED) is 0.729. The summed E-state index contributed by atoms with van der Waals surface area (Å²) in [7, 11) is 0. The Morgan fingerprint density at radius 1 is 1.00 bits per heavy atom. The van der Waals surface area contributed by atoms with Crippen molar-refractivity contribution in [3.05, 3.63) is 30.3 Å². The Bertz CT molecular complexity index is 444. The Labute approximate surface area is 118 Å². The van der Waals surface area contributed by atoms with Gasteiger partial charge in [-0.25, -0.2) is 10.2 Å². The van der Waals surface area contributed by atoms with Crippen molar-refractivity contribution in [2.24, 2.45) is 0 Å². The molecule has 3 N–H and O–H groups in total. The van der Waals surface area contributed by atoms with Gasteiger partial charge in [-0.3, -0.25) is 15.1 Å². The van der Waals surface area contributed by atoms with Crippen LogP contribution in [-0.4, -0.2) is 36.5 Å². The third-order valence-electron chi connectivity index (χ3n) is 3.16. The molecule has 20 heavy (non-hydrogen) atoms. The summed E-state index contributed by atoms with van der Waals surface area (Å²) in [5.41, 5.74) is 5.43. The van der Waals surface area contributed by atoms with E-state index in [1.807, 2.05) is 18.2 Å². The number of anilines is 1. The molecule has 6 nitrogen and oxygen atoms in total. The number of hydrogen-bond donors (Lipinski definition) is 3. The summed E-state index contributed by atoms with van der Waals surface area (Å²) in [6.45, 7) is 2.22. The van der Waals surface area contributed by atoms with Gasteiger partial charge in [-0.15, -0.1) is 0 Å². The predicted molar refractivity (Wildman–Crippen MR) is 77.0 cm³/mol. The fraction of sp³-hybridized carbons (Fsp3) is 0.429. The summed E-state index contributed by atoms with van der Waals surface area (Å²) in [6.07, 6.45) is 3.50. The van der Waals surface area contributed by atoms with Crippen molar-refractivity contribution >= 4 is 17.6 Å². The van der Waals surface area contributed by atoms with E-state index in [0.717, 1.165) is 25.9 Å². The minimum atomic E-state index is -0.455. The van der Waals surface area contributed by atoms with Gasteiger partial charge in [-0.1, -0.05) is 24.6 Å². The van der Waals surface area contributed by atoms with Gasteiger partial charge >= 0.3 is 6.03 Å². The molecule has 0 unspecified atom stereocenters. The molecule has 1 aromatic carbocycles. The lowest BCUT2D eigenvalue weighted by atomic mass is 10.1. The van der Waals surface area contributed by atoms with Gasteiger partial charge in [0.05, 0.1) is 6.54 Å². The number of hydrazine groups is 1. The number of amides is 3. The fourth-order valence-electron chi connectivity index (χ4n) is 2.17. The van der Waals surface area contributed by atoms with Gasteiger partial charge in [0.15, 0.2) is 0 Å².